The van der Waals surface area contributed by atoms with Crippen molar-refractivity contribution in [3.8, 4) is 0 Å². The lowest BCUT2D eigenvalue weighted by Gasteiger charge is -2.17. The number of carbonyl (C=O) groups is 1. The van der Waals surface area contributed by atoms with Gasteiger partial charge in [0.05, 0.1) is 11.3 Å². The number of aromatic nitrogens is 1. The van der Waals surface area contributed by atoms with Crippen molar-refractivity contribution in [2.24, 2.45) is 0 Å². The zero-order valence-electron chi connectivity index (χ0n) is 14.8. The smallest absolute Gasteiger partial charge is 0.259 e. The molecule has 0 spiro atoms. The quantitative estimate of drug-likeness (QED) is 0.772. The van der Waals surface area contributed by atoms with Gasteiger partial charge in [0, 0.05) is 31.2 Å². The summed E-state index contributed by atoms with van der Waals surface area (Å²) in [7, 11) is 0. The number of aryl methyl sites for hydroxylation is 1. The summed E-state index contributed by atoms with van der Waals surface area (Å²) in [6.45, 7) is 3.50. The number of rotatable bonds is 4. The van der Waals surface area contributed by atoms with Gasteiger partial charge in [0.15, 0.2) is 0 Å². The lowest BCUT2D eigenvalue weighted by atomic mass is 10.1. The Kier molecular flexibility index (Phi) is 4.40. The van der Waals surface area contributed by atoms with Crippen LogP contribution >= 0.6 is 0 Å². The summed E-state index contributed by atoms with van der Waals surface area (Å²) in [6, 6.07) is 18.3. The van der Waals surface area contributed by atoms with Crippen LogP contribution in [0.4, 0.5) is 11.4 Å². The molecule has 4 nitrogen and oxygen atoms in total. The molecule has 1 amide bonds. The topological polar surface area (TPSA) is 45.2 Å². The third-order valence-electron chi connectivity index (χ3n) is 4.70. The minimum atomic E-state index is 0.00153. The first kappa shape index (κ1) is 16.3. The molecule has 0 unspecified atom stereocenters. The lowest BCUT2D eigenvalue weighted by Crippen LogP contribution is -2.29. The highest BCUT2D eigenvalue weighted by molar-refractivity contribution is 6.07. The van der Waals surface area contributed by atoms with Crippen molar-refractivity contribution in [3.05, 3.63) is 89.2 Å². The van der Waals surface area contributed by atoms with Crippen LogP contribution in [0.5, 0.6) is 0 Å². The first-order chi connectivity index (χ1) is 12.7. The average molecular weight is 343 g/mol. The third-order valence-corrected chi connectivity index (χ3v) is 4.70. The van der Waals surface area contributed by atoms with Crippen LogP contribution in [0.2, 0.25) is 0 Å². The van der Waals surface area contributed by atoms with E-state index in [0.717, 1.165) is 24.3 Å². The van der Waals surface area contributed by atoms with Gasteiger partial charge in [-0.2, -0.15) is 0 Å². The normalized spacial score (nSPS) is 12.7. The molecule has 0 saturated heterocycles. The van der Waals surface area contributed by atoms with Gasteiger partial charge >= 0.3 is 0 Å². The van der Waals surface area contributed by atoms with Gasteiger partial charge in [-0.15, -0.1) is 0 Å². The minimum Gasteiger partial charge on any atom is -0.380 e. The fraction of sp³-hybridized carbons (Fsp3) is 0.182. The Morgan fingerprint density at radius 3 is 2.88 bits per heavy atom. The van der Waals surface area contributed by atoms with Crippen LogP contribution in [0.25, 0.3) is 0 Å². The molecule has 0 aliphatic carbocycles. The summed E-state index contributed by atoms with van der Waals surface area (Å²) in [5.74, 6) is 0.00153. The van der Waals surface area contributed by atoms with Crippen molar-refractivity contribution in [1.29, 1.82) is 0 Å². The van der Waals surface area contributed by atoms with Gasteiger partial charge in [0.25, 0.3) is 5.91 Å². The number of para-hydroxylation sites is 1. The van der Waals surface area contributed by atoms with E-state index in [0.29, 0.717) is 12.1 Å². The third kappa shape index (κ3) is 3.31. The highest BCUT2D eigenvalue weighted by Crippen LogP contribution is 2.29. The van der Waals surface area contributed by atoms with Crippen LogP contribution in [0, 0.1) is 6.92 Å². The first-order valence-electron chi connectivity index (χ1n) is 8.85. The van der Waals surface area contributed by atoms with E-state index in [9.17, 15) is 4.79 Å². The maximum Gasteiger partial charge on any atom is 0.259 e. The molecule has 2 aromatic carbocycles. The van der Waals surface area contributed by atoms with Crippen molar-refractivity contribution in [3.63, 3.8) is 0 Å². The monoisotopic (exact) mass is 343 g/mol. The van der Waals surface area contributed by atoms with E-state index in [2.05, 4.69) is 47.6 Å². The Bertz CT molecular complexity index is 951. The van der Waals surface area contributed by atoms with Crippen molar-refractivity contribution in [1.82, 2.24) is 4.98 Å². The molecule has 0 bridgehead atoms. The number of nitrogens with one attached hydrogen (secondary N) is 1. The van der Waals surface area contributed by atoms with Crippen molar-refractivity contribution in [2.75, 3.05) is 16.8 Å². The number of hydrogen-bond acceptors (Lipinski definition) is 3. The summed E-state index contributed by atoms with van der Waals surface area (Å²) in [4.78, 5) is 19.0. The van der Waals surface area contributed by atoms with Gasteiger partial charge < -0.3 is 10.2 Å². The minimum absolute atomic E-state index is 0.00153. The number of hydrogen-bond donors (Lipinski definition) is 1. The molecule has 130 valence electrons. The fourth-order valence-electron chi connectivity index (χ4n) is 3.38. The number of carbonyl (C=O) groups excluding carboxylic acids is 1. The Balaban J connectivity index is 1.50. The first-order valence-corrected chi connectivity index (χ1v) is 8.85. The summed E-state index contributed by atoms with van der Waals surface area (Å²) >= 11 is 0. The van der Waals surface area contributed by atoms with E-state index in [-0.39, 0.29) is 5.91 Å². The highest BCUT2D eigenvalue weighted by atomic mass is 16.2. The van der Waals surface area contributed by atoms with E-state index < -0.39 is 0 Å². The van der Waals surface area contributed by atoms with Crippen LogP contribution in [0.1, 0.15) is 27.0 Å². The molecule has 1 aliphatic rings. The van der Waals surface area contributed by atoms with E-state index in [4.69, 9.17) is 0 Å². The Morgan fingerprint density at radius 1 is 1.12 bits per heavy atom. The zero-order chi connectivity index (χ0) is 17.9. The molecule has 1 N–H and O–H groups in total. The number of benzene rings is 2. The van der Waals surface area contributed by atoms with Crippen molar-refractivity contribution < 1.29 is 4.79 Å². The van der Waals surface area contributed by atoms with Crippen molar-refractivity contribution >= 4 is 17.3 Å². The second-order valence-electron chi connectivity index (χ2n) is 6.64. The van der Waals surface area contributed by atoms with Gasteiger partial charge in [0.1, 0.15) is 0 Å². The average Bonchev–Trinajstić information content (AvgIpc) is 3.10. The molecule has 1 aromatic heterocycles. The molecule has 26 heavy (non-hydrogen) atoms. The summed E-state index contributed by atoms with van der Waals surface area (Å²) in [5.41, 5.74) is 6.13. The molecule has 4 heteroatoms. The van der Waals surface area contributed by atoms with E-state index >= 15 is 0 Å². The fourth-order valence-corrected chi connectivity index (χ4v) is 3.38. The highest BCUT2D eigenvalue weighted by Gasteiger charge is 2.25. The maximum atomic E-state index is 12.9. The predicted molar refractivity (Wildman–Crippen MR) is 105 cm³/mol. The summed E-state index contributed by atoms with van der Waals surface area (Å²) in [5, 5.41) is 3.36. The second kappa shape index (κ2) is 7.00. The number of nitrogens with zero attached hydrogens (tertiary/aromatic N) is 2. The van der Waals surface area contributed by atoms with E-state index in [1.807, 2.05) is 29.2 Å². The number of anilines is 2. The SMILES string of the molecule is Cc1cccc(CNc2cncc(C(=O)N3CCc4ccccc43)c2)c1. The van der Waals surface area contributed by atoms with Gasteiger partial charge in [-0.25, -0.2) is 0 Å². The van der Waals surface area contributed by atoms with Crippen molar-refractivity contribution in [2.45, 2.75) is 19.9 Å². The summed E-state index contributed by atoms with van der Waals surface area (Å²) in [6.07, 6.45) is 4.30. The number of fused-ring (bicyclic) bond motifs is 1. The lowest BCUT2D eigenvalue weighted by molar-refractivity contribution is 0.0989. The Labute approximate surface area is 153 Å². The molecule has 2 heterocycles. The van der Waals surface area contributed by atoms with Gasteiger partial charge in [-0.3, -0.25) is 9.78 Å². The molecule has 4 rings (SSSR count). The van der Waals surface area contributed by atoms with E-state index in [1.54, 1.807) is 12.4 Å². The maximum absolute atomic E-state index is 12.9. The van der Waals surface area contributed by atoms with Crippen LogP contribution in [0.15, 0.2) is 67.0 Å². The molecule has 0 fully saturated rings. The second-order valence-corrected chi connectivity index (χ2v) is 6.64. The van der Waals surface area contributed by atoms with Gasteiger partial charge in [-0.05, 0) is 36.6 Å². The molecular weight excluding hydrogens is 322 g/mol. The molecule has 0 saturated carbocycles. The van der Waals surface area contributed by atoms with Crippen LogP contribution in [-0.4, -0.2) is 17.4 Å². The standard InChI is InChI=1S/C22H21N3O/c1-16-5-4-6-17(11-16)13-24-20-12-19(14-23-15-20)22(26)25-10-9-18-7-2-3-8-21(18)25/h2-8,11-12,14-15,24H,9-10,13H2,1H3. The Hall–Kier alpha value is -3.14. The molecule has 3 aromatic rings. The van der Waals surface area contributed by atoms with E-state index in [1.165, 1.54) is 16.7 Å². The molecule has 1 aliphatic heterocycles. The molecule has 0 radical (unpaired) electrons. The van der Waals surface area contributed by atoms with Crippen LogP contribution in [-0.2, 0) is 13.0 Å². The number of pyridine rings is 1. The zero-order valence-corrected chi connectivity index (χ0v) is 14.8. The predicted octanol–water partition coefficient (Wildman–Crippen LogP) is 4.21. The van der Waals surface area contributed by atoms with Crippen LogP contribution in [0.3, 0.4) is 0 Å². The van der Waals surface area contributed by atoms with Gasteiger partial charge in [-0.1, -0.05) is 48.0 Å². The Morgan fingerprint density at radius 2 is 2.00 bits per heavy atom. The molecular formula is C22H21N3O. The largest absolute Gasteiger partial charge is 0.380 e. The molecule has 0 atom stereocenters. The number of amides is 1. The van der Waals surface area contributed by atoms with Crippen LogP contribution < -0.4 is 10.2 Å². The van der Waals surface area contributed by atoms with Gasteiger partial charge in [0.2, 0.25) is 0 Å². The summed E-state index contributed by atoms with van der Waals surface area (Å²) < 4.78 is 0.